The van der Waals surface area contributed by atoms with E-state index in [9.17, 15) is 48.9 Å². The van der Waals surface area contributed by atoms with E-state index < -0.39 is 35.1 Å². The number of piperazine rings is 2. The van der Waals surface area contributed by atoms with E-state index in [1.165, 1.54) is 43.5 Å². The number of nitrogens with one attached hydrogen (secondary N) is 1. The van der Waals surface area contributed by atoms with E-state index in [4.69, 9.17) is 62.9 Å². The number of methoxy groups -OCH3 is 1. The molecule has 8 aromatic rings. The summed E-state index contributed by atoms with van der Waals surface area (Å²) < 4.78 is 29.9. The summed E-state index contributed by atoms with van der Waals surface area (Å²) in [6.45, 7) is 27.0. The Morgan fingerprint density at radius 2 is 0.902 bits per heavy atom. The molecule has 2 saturated heterocycles. The molecule has 122 heavy (non-hydrogen) atoms. The number of carbonyl (C=O) groups is 7. The lowest BCUT2D eigenvalue weighted by atomic mass is 9.44. The largest absolute Gasteiger partial charge is 0.494 e. The van der Waals surface area contributed by atoms with Gasteiger partial charge < -0.3 is 44.2 Å². The number of H-pyrrole nitrogens is 1. The van der Waals surface area contributed by atoms with Crippen LogP contribution in [0.5, 0.6) is 28.9 Å². The Labute approximate surface area is 721 Å². The second-order valence-electron chi connectivity index (χ2n) is 33.5. The minimum Gasteiger partial charge on any atom is -0.494 e. The number of primary amides is 1. The van der Waals surface area contributed by atoms with Crippen LogP contribution < -0.4 is 54.6 Å². The number of nitrogens with two attached hydrogens (primary N) is 1. The maximum atomic E-state index is 13.5. The fraction of sp³-hybridized carbons (Fsp3) is 0.419. The van der Waals surface area contributed by atoms with E-state index in [1.807, 2.05) is 30.3 Å². The molecule has 0 spiro atoms. The predicted octanol–water partition coefficient (Wildman–Crippen LogP) is 15.3. The first-order valence-electron chi connectivity index (χ1n) is 40.3. The van der Waals surface area contributed by atoms with E-state index in [1.54, 1.807) is 73.1 Å². The normalized spacial score (nSPS) is 19.0. The van der Waals surface area contributed by atoms with Gasteiger partial charge in [-0.3, -0.25) is 48.2 Å². The first kappa shape index (κ1) is 90.7. The van der Waals surface area contributed by atoms with Crippen LogP contribution in [0, 0.1) is 67.5 Å². The van der Waals surface area contributed by atoms with Gasteiger partial charge in [0.2, 0.25) is 5.88 Å². The number of hydrogen-bond acceptors (Lipinski definition) is 23. The van der Waals surface area contributed by atoms with Crippen molar-refractivity contribution in [2.75, 3.05) is 105 Å². The van der Waals surface area contributed by atoms with E-state index in [-0.39, 0.29) is 123 Å². The molecular formula is C93H104Cl2N14O13. The molecule has 27 nitrogen and oxygen atoms in total. The molecule has 4 aromatic heterocycles. The fourth-order valence-corrected chi connectivity index (χ4v) is 18.8. The lowest BCUT2D eigenvalue weighted by Crippen LogP contribution is -2.66. The lowest BCUT2D eigenvalue weighted by Gasteiger charge is -2.63. The maximum absolute atomic E-state index is 13.5. The number of ketones is 2. The number of aromatic nitrogens is 4. The maximum Gasteiger partial charge on any atom is 0.273 e. The number of nitriles is 3. The Bertz CT molecular complexity index is 5450. The lowest BCUT2D eigenvalue weighted by molar-refractivity contribution is -0.196. The first-order chi connectivity index (χ1) is 57.4. The van der Waals surface area contributed by atoms with Crippen LogP contribution in [-0.2, 0) is 0 Å². The van der Waals surface area contributed by atoms with Crippen LogP contribution in [0.2, 0.25) is 10.0 Å². The minimum absolute atomic E-state index is 0. The zero-order valence-corrected chi connectivity index (χ0v) is 70.2. The Morgan fingerprint density at radius 3 is 1.28 bits per heavy atom. The summed E-state index contributed by atoms with van der Waals surface area (Å²) in [5, 5.41) is 28.3. The number of hydrogen-bond donors (Lipinski definition) is 2. The Morgan fingerprint density at radius 1 is 0.492 bits per heavy atom. The highest BCUT2D eigenvalue weighted by Gasteiger charge is 2.65. The number of pyridine rings is 4. The van der Waals surface area contributed by atoms with Crippen molar-refractivity contribution < 1.29 is 57.2 Å². The number of aromatic amines is 1. The Kier molecular flexibility index (Phi) is 28.2. The van der Waals surface area contributed by atoms with Crippen LogP contribution in [0.4, 0.5) is 23.0 Å². The zero-order chi connectivity index (χ0) is 85.7. The average Bonchev–Trinajstić information content (AvgIpc) is 0.763. The molecule has 4 fully saturated rings. The monoisotopic (exact) mass is 1690 g/mol. The number of nitrogens with zero attached hydrogens (tertiary/aromatic N) is 12. The van der Waals surface area contributed by atoms with Gasteiger partial charge in [-0.05, 0) is 173 Å². The molecule has 2 aliphatic carbocycles. The van der Waals surface area contributed by atoms with Crippen molar-refractivity contribution in [2.45, 2.75) is 134 Å². The van der Waals surface area contributed by atoms with E-state index >= 15 is 0 Å². The number of benzene rings is 4. The number of rotatable bonds is 30. The molecule has 5 amide bonds. The molecule has 0 unspecified atom stereocenters. The smallest absolute Gasteiger partial charge is 0.273 e. The predicted molar refractivity (Wildman–Crippen MR) is 465 cm³/mol. The summed E-state index contributed by atoms with van der Waals surface area (Å²) in [6, 6.07) is 38.9. The van der Waals surface area contributed by atoms with Crippen molar-refractivity contribution in [1.29, 1.82) is 15.8 Å². The molecule has 29 heteroatoms. The number of halogens is 2. The topological polar surface area (TPSA) is 354 Å². The molecule has 2 saturated carbocycles. The summed E-state index contributed by atoms with van der Waals surface area (Å²) in [4.78, 5) is 131. The van der Waals surface area contributed by atoms with Gasteiger partial charge in [0.15, 0.2) is 11.6 Å². The number of Topliss-reactive ketones (excluding diaryl/α,β-unsaturated/α-hetero) is 2. The molecule has 6 aliphatic rings. The van der Waals surface area contributed by atoms with Gasteiger partial charge >= 0.3 is 0 Å². The van der Waals surface area contributed by atoms with Gasteiger partial charge in [-0.15, -0.1) is 0 Å². The first-order valence-corrected chi connectivity index (χ1v) is 41.1. The number of carbonyl (C=O) groups excluding carboxylic acids is 7. The van der Waals surface area contributed by atoms with Crippen LogP contribution in [-0.4, -0.2) is 169 Å². The van der Waals surface area contributed by atoms with Gasteiger partial charge in [0, 0.05) is 123 Å². The molecule has 4 aliphatic heterocycles. The molecule has 4 aromatic carbocycles. The van der Waals surface area contributed by atoms with Crippen molar-refractivity contribution in [1.82, 2.24) is 29.7 Å². The second kappa shape index (κ2) is 37.9. The zero-order valence-electron chi connectivity index (χ0n) is 68.7. The van der Waals surface area contributed by atoms with Gasteiger partial charge in [0.1, 0.15) is 87.8 Å². The SMILES string of the molecule is C.C.CC1(C)C(CC(=O)c2ccc(N3CCN(CCCCCOc4ccc5c(c4)C(=O)N(c4ccc(C(N)=O)[nH]c4=O)C5=O)CC3)nc2)C(C)(C)C1Oc1ccc(C#N)c(Cl)c1.COc1nc(C#N)ccc1N1C(=O)c2ccc(OCCCCCN3CCN(c4ccc(C(=O)CC5C(C)(C)C(Oc6ccc(C#N)c(Cl)c6)C5(C)C)cn4)CC3)cc2C1=O. The minimum atomic E-state index is -0.833. The van der Waals surface area contributed by atoms with Crippen molar-refractivity contribution in [3.63, 3.8) is 0 Å². The molecule has 3 N–H and O–H groups in total. The van der Waals surface area contributed by atoms with Gasteiger partial charge in [-0.25, -0.2) is 24.8 Å². The van der Waals surface area contributed by atoms with Gasteiger partial charge in [-0.2, -0.15) is 15.8 Å². The van der Waals surface area contributed by atoms with E-state index in [2.05, 4.69) is 102 Å². The van der Waals surface area contributed by atoms with Crippen LogP contribution in [0.3, 0.4) is 0 Å². The number of fused-ring (bicyclic) bond motifs is 2. The molecule has 14 rings (SSSR count). The van der Waals surface area contributed by atoms with E-state index in [0.29, 0.717) is 81.4 Å². The highest BCUT2D eigenvalue weighted by molar-refractivity contribution is 6.36. The Hall–Kier alpha value is -12.1. The summed E-state index contributed by atoms with van der Waals surface area (Å²) in [6.07, 6.45) is 9.52. The molecule has 8 heterocycles. The molecule has 0 radical (unpaired) electrons. The molecule has 638 valence electrons. The van der Waals surface area contributed by atoms with Crippen LogP contribution >= 0.6 is 23.2 Å². The fourth-order valence-electron chi connectivity index (χ4n) is 18.4. The number of amides is 5. The third-order valence-corrected chi connectivity index (χ3v) is 25.1. The van der Waals surface area contributed by atoms with Crippen molar-refractivity contribution in [2.24, 2.45) is 39.2 Å². The van der Waals surface area contributed by atoms with E-state index in [0.717, 1.165) is 125 Å². The van der Waals surface area contributed by atoms with Crippen LogP contribution in [0.15, 0.2) is 139 Å². The van der Waals surface area contributed by atoms with Crippen molar-refractivity contribution >= 4 is 87.3 Å². The quantitative estimate of drug-likeness (QED) is 0.0240. The summed E-state index contributed by atoms with van der Waals surface area (Å²) in [5.41, 5.74) is 6.18. The van der Waals surface area contributed by atoms with Crippen LogP contribution in [0.1, 0.15) is 211 Å². The standard InChI is InChI=1S/C46H48ClN7O6.C45H48ClN7O7.2CH4/c1-45(2)39(46(3,4)44(45)60-33-12-9-29(26-48)36(47)24-33)25-38(55)30-10-16-40(50-28-30)53-20-18-52(19-21-53)17-7-6-8-22-59-32-13-14-34-35(23-32)43(57)54(42(34)56)37-15-11-31(27-49)51-41(37)58-5;1-44(2)37(45(3,4)43(44)60-30-10-8-27(25-47)33(46)23-30)24-36(54)28-9-15-38(49-26-28)52-19-17-51(18-20-52)16-6-5-7-21-59-29-11-12-31-32(22-29)42(58)53(41(31)57)35-14-13-34(39(48)55)50-40(35)56;;/h9-16,23-24,28,39,44H,6-8,17-22,25H2,1-5H3;8-15,22-23,26,37,43H,5-7,16-21,24H2,1-4H3,(H2,48,55)(H,50,56);2*1H4. The third kappa shape index (κ3) is 18.8. The number of ether oxygens (including phenoxy) is 5. The summed E-state index contributed by atoms with van der Waals surface area (Å²) in [7, 11) is 1.37. The molecule has 0 atom stereocenters. The Balaban J connectivity index is 0.000000234. The second-order valence-corrected chi connectivity index (χ2v) is 34.3. The highest BCUT2D eigenvalue weighted by atomic mass is 35.5. The third-order valence-electron chi connectivity index (χ3n) is 24.5. The van der Waals surface area contributed by atoms with Crippen LogP contribution in [0.25, 0.3) is 0 Å². The highest BCUT2D eigenvalue weighted by Crippen LogP contribution is 2.63. The number of anilines is 4. The van der Waals surface area contributed by atoms with Crippen molar-refractivity contribution in [3.8, 4) is 47.1 Å². The number of imide groups is 2. The van der Waals surface area contributed by atoms with Gasteiger partial charge in [0.25, 0.3) is 35.1 Å². The average molecular weight is 1700 g/mol. The number of unbranched alkanes of at least 4 members (excludes halogenated alkanes) is 4. The van der Waals surface area contributed by atoms with Crippen molar-refractivity contribution in [3.05, 3.63) is 210 Å². The summed E-state index contributed by atoms with van der Waals surface area (Å²) in [5.74, 6) is 1.16. The summed E-state index contributed by atoms with van der Waals surface area (Å²) >= 11 is 12.5. The van der Waals surface area contributed by atoms with Gasteiger partial charge in [-0.1, -0.05) is 93.4 Å². The van der Waals surface area contributed by atoms with Gasteiger partial charge in [0.05, 0.1) is 63.7 Å². The molecule has 0 bridgehead atoms. The molecular weight excluding hydrogens is 1590 g/mol.